The second-order valence-corrected chi connectivity index (χ2v) is 8.34. The van der Waals surface area contributed by atoms with Crippen LogP contribution in [0.15, 0.2) is 85.5 Å². The fourth-order valence-corrected chi connectivity index (χ4v) is 3.83. The second kappa shape index (κ2) is 12.3. The van der Waals surface area contributed by atoms with Gasteiger partial charge in [-0.1, -0.05) is 42.5 Å². The SMILES string of the molecule is C=CCCOc1ccc(COc2ccc(-c3ccc(-c4ccc(OCC)cc4)c(F)c3F)cc2)c(F)c1F. The molecule has 3 nitrogen and oxygen atoms in total. The summed E-state index contributed by atoms with van der Waals surface area (Å²) in [4.78, 5) is 0. The Labute approximate surface area is 218 Å². The smallest absolute Gasteiger partial charge is 0.201 e. The molecule has 0 amide bonds. The van der Waals surface area contributed by atoms with Gasteiger partial charge >= 0.3 is 0 Å². The number of ether oxygens (including phenoxy) is 3. The van der Waals surface area contributed by atoms with Crippen LogP contribution < -0.4 is 14.2 Å². The van der Waals surface area contributed by atoms with Crippen molar-refractivity contribution in [3.63, 3.8) is 0 Å². The summed E-state index contributed by atoms with van der Waals surface area (Å²) in [6, 6.07) is 18.8. The highest BCUT2D eigenvalue weighted by atomic mass is 19.2. The third kappa shape index (κ3) is 5.99. The van der Waals surface area contributed by atoms with Crippen LogP contribution >= 0.6 is 0 Å². The standard InChI is InChI=1S/C31H26F4O3/c1-3-5-18-37-27-17-10-22(28(32)31(27)35)19-38-24-13-8-21(9-14-24)26-16-15-25(29(33)30(26)34)20-6-11-23(12-7-20)36-4-2/h3,6-17H,1,4-5,18-19H2,2H3. The molecular formula is C31H26F4O3. The lowest BCUT2D eigenvalue weighted by Crippen LogP contribution is -2.04. The summed E-state index contributed by atoms with van der Waals surface area (Å²) in [5.74, 6) is -3.25. The van der Waals surface area contributed by atoms with Crippen molar-refractivity contribution in [3.05, 3.63) is 114 Å². The molecule has 0 aliphatic carbocycles. The lowest BCUT2D eigenvalue weighted by Gasteiger charge is -2.12. The molecule has 0 aromatic heterocycles. The van der Waals surface area contributed by atoms with Gasteiger partial charge in [0.15, 0.2) is 23.2 Å². The third-order valence-electron chi connectivity index (χ3n) is 5.82. The molecule has 0 aliphatic heterocycles. The molecule has 0 unspecified atom stereocenters. The Morgan fingerprint density at radius 2 is 1.18 bits per heavy atom. The first-order valence-electron chi connectivity index (χ1n) is 12.1. The van der Waals surface area contributed by atoms with Gasteiger partial charge in [0, 0.05) is 16.7 Å². The van der Waals surface area contributed by atoms with Crippen molar-refractivity contribution >= 4 is 0 Å². The van der Waals surface area contributed by atoms with Gasteiger partial charge in [0.2, 0.25) is 5.82 Å². The summed E-state index contributed by atoms with van der Waals surface area (Å²) >= 11 is 0. The quantitative estimate of drug-likeness (QED) is 0.112. The Morgan fingerprint density at radius 1 is 0.632 bits per heavy atom. The van der Waals surface area contributed by atoms with Crippen molar-refractivity contribution in [1.29, 1.82) is 0 Å². The number of hydrogen-bond donors (Lipinski definition) is 0. The maximum atomic E-state index is 15.0. The van der Waals surface area contributed by atoms with Gasteiger partial charge < -0.3 is 14.2 Å². The minimum Gasteiger partial charge on any atom is -0.494 e. The minimum absolute atomic E-state index is 0.0145. The molecule has 4 aromatic rings. The summed E-state index contributed by atoms with van der Waals surface area (Å²) in [6.45, 7) is 5.89. The Balaban J connectivity index is 1.45. The molecule has 0 saturated carbocycles. The average molecular weight is 523 g/mol. The van der Waals surface area contributed by atoms with Gasteiger partial charge in [-0.25, -0.2) is 13.2 Å². The summed E-state index contributed by atoms with van der Waals surface area (Å²) < 4.78 is 74.8. The molecule has 0 atom stereocenters. The lowest BCUT2D eigenvalue weighted by atomic mass is 9.98. The van der Waals surface area contributed by atoms with Crippen LogP contribution in [0.5, 0.6) is 17.2 Å². The van der Waals surface area contributed by atoms with Crippen molar-refractivity contribution in [3.8, 4) is 39.5 Å². The van der Waals surface area contributed by atoms with E-state index in [2.05, 4.69) is 6.58 Å². The molecular weight excluding hydrogens is 496 g/mol. The van der Waals surface area contributed by atoms with Crippen LogP contribution in [0.1, 0.15) is 18.9 Å². The molecule has 38 heavy (non-hydrogen) atoms. The highest BCUT2D eigenvalue weighted by molar-refractivity contribution is 5.72. The monoisotopic (exact) mass is 522 g/mol. The lowest BCUT2D eigenvalue weighted by molar-refractivity contribution is 0.285. The van der Waals surface area contributed by atoms with Crippen molar-refractivity contribution in [2.75, 3.05) is 13.2 Å². The summed E-state index contributed by atoms with van der Waals surface area (Å²) in [5, 5.41) is 0. The zero-order valence-corrected chi connectivity index (χ0v) is 20.8. The largest absolute Gasteiger partial charge is 0.494 e. The van der Waals surface area contributed by atoms with E-state index >= 15 is 0 Å². The Morgan fingerprint density at radius 3 is 1.71 bits per heavy atom. The van der Waals surface area contributed by atoms with E-state index in [0.717, 1.165) is 0 Å². The molecule has 0 saturated heterocycles. The first-order chi connectivity index (χ1) is 18.4. The zero-order valence-electron chi connectivity index (χ0n) is 20.8. The van der Waals surface area contributed by atoms with E-state index in [0.29, 0.717) is 35.7 Å². The van der Waals surface area contributed by atoms with Crippen LogP contribution in [-0.2, 0) is 6.61 Å². The molecule has 196 valence electrons. The molecule has 0 fully saturated rings. The maximum absolute atomic E-state index is 15.0. The van der Waals surface area contributed by atoms with Crippen LogP contribution in [0.4, 0.5) is 17.6 Å². The van der Waals surface area contributed by atoms with Crippen LogP contribution in [0.25, 0.3) is 22.3 Å². The fraction of sp³-hybridized carbons (Fsp3) is 0.161. The molecule has 7 heteroatoms. The van der Waals surface area contributed by atoms with Gasteiger partial charge in [0.1, 0.15) is 18.1 Å². The molecule has 4 rings (SSSR count). The molecule has 0 aliphatic rings. The summed E-state index contributed by atoms with van der Waals surface area (Å²) in [5.41, 5.74) is 1.20. The Kier molecular flexibility index (Phi) is 8.69. The van der Waals surface area contributed by atoms with Crippen LogP contribution in [-0.4, -0.2) is 13.2 Å². The van der Waals surface area contributed by atoms with E-state index in [1.807, 2.05) is 6.92 Å². The van der Waals surface area contributed by atoms with E-state index in [4.69, 9.17) is 14.2 Å². The van der Waals surface area contributed by atoms with Gasteiger partial charge in [-0.05, 0) is 60.9 Å². The van der Waals surface area contributed by atoms with E-state index in [1.165, 1.54) is 24.3 Å². The molecule has 4 aromatic carbocycles. The van der Waals surface area contributed by atoms with Crippen molar-refractivity contribution < 1.29 is 31.8 Å². The average Bonchev–Trinajstić information content (AvgIpc) is 2.93. The van der Waals surface area contributed by atoms with Gasteiger partial charge in [-0.3, -0.25) is 0 Å². The molecule has 0 N–H and O–H groups in total. The normalized spacial score (nSPS) is 10.8. The second-order valence-electron chi connectivity index (χ2n) is 8.34. The fourth-order valence-electron chi connectivity index (χ4n) is 3.83. The van der Waals surface area contributed by atoms with E-state index in [-0.39, 0.29) is 35.7 Å². The predicted octanol–water partition coefficient (Wildman–Crippen LogP) is 8.51. The zero-order chi connectivity index (χ0) is 27.1. The third-order valence-corrected chi connectivity index (χ3v) is 5.82. The predicted molar refractivity (Wildman–Crippen MR) is 139 cm³/mol. The number of benzene rings is 4. The van der Waals surface area contributed by atoms with Gasteiger partial charge in [0.05, 0.1) is 13.2 Å². The van der Waals surface area contributed by atoms with Gasteiger partial charge in [0.25, 0.3) is 0 Å². The van der Waals surface area contributed by atoms with E-state index in [9.17, 15) is 17.6 Å². The number of halogens is 4. The minimum atomic E-state index is -1.09. The first-order valence-corrected chi connectivity index (χ1v) is 12.1. The van der Waals surface area contributed by atoms with Crippen LogP contribution in [0, 0.1) is 23.3 Å². The van der Waals surface area contributed by atoms with Crippen molar-refractivity contribution in [2.45, 2.75) is 20.0 Å². The van der Waals surface area contributed by atoms with Crippen molar-refractivity contribution in [2.24, 2.45) is 0 Å². The van der Waals surface area contributed by atoms with Crippen LogP contribution in [0.3, 0.4) is 0 Å². The van der Waals surface area contributed by atoms with Gasteiger partial charge in [-0.15, -0.1) is 6.58 Å². The molecule has 0 spiro atoms. The van der Waals surface area contributed by atoms with E-state index in [1.54, 1.807) is 54.6 Å². The topological polar surface area (TPSA) is 27.7 Å². The first kappa shape index (κ1) is 26.8. The maximum Gasteiger partial charge on any atom is 0.201 e. The van der Waals surface area contributed by atoms with Crippen molar-refractivity contribution in [1.82, 2.24) is 0 Å². The number of hydrogen-bond acceptors (Lipinski definition) is 3. The van der Waals surface area contributed by atoms with Crippen LogP contribution in [0.2, 0.25) is 0 Å². The van der Waals surface area contributed by atoms with E-state index < -0.39 is 23.3 Å². The number of rotatable bonds is 11. The molecule has 0 bridgehead atoms. The molecule has 0 heterocycles. The highest BCUT2D eigenvalue weighted by Crippen LogP contribution is 2.33. The Hall–Kier alpha value is -4.26. The Bertz CT molecular complexity index is 1400. The summed E-state index contributed by atoms with van der Waals surface area (Å²) in [6.07, 6.45) is 2.12. The van der Waals surface area contributed by atoms with Gasteiger partial charge in [-0.2, -0.15) is 4.39 Å². The summed E-state index contributed by atoms with van der Waals surface area (Å²) in [7, 11) is 0. The molecule has 0 radical (unpaired) electrons. The highest BCUT2D eigenvalue weighted by Gasteiger charge is 2.17.